The third kappa shape index (κ3) is 5.21. The number of carbonyl (C=O) groups excluding carboxylic acids is 1. The van der Waals surface area contributed by atoms with E-state index < -0.39 is 15.8 Å². The van der Waals surface area contributed by atoms with Crippen molar-refractivity contribution < 1.29 is 17.6 Å². The van der Waals surface area contributed by atoms with Crippen molar-refractivity contribution in [2.24, 2.45) is 0 Å². The number of carbonyl (C=O) groups is 1. The molecule has 164 valence electrons. The number of halogens is 1. The van der Waals surface area contributed by atoms with E-state index in [2.05, 4.69) is 15.0 Å². The second-order valence-electron chi connectivity index (χ2n) is 6.84. The highest BCUT2D eigenvalue weighted by molar-refractivity contribution is 7.92. The van der Waals surface area contributed by atoms with Crippen LogP contribution in [0.2, 0.25) is 0 Å². The number of aryl methyl sites for hydroxylation is 1. The molecule has 0 saturated carbocycles. The quantitative estimate of drug-likeness (QED) is 0.382. The van der Waals surface area contributed by atoms with Gasteiger partial charge in [-0.15, -0.1) is 22.7 Å². The van der Waals surface area contributed by atoms with Gasteiger partial charge in [-0.25, -0.2) is 17.8 Å². The molecule has 0 saturated heterocycles. The largest absolute Gasteiger partial charge is 0.347 e. The van der Waals surface area contributed by atoms with Crippen molar-refractivity contribution in [2.45, 2.75) is 18.4 Å². The average Bonchev–Trinajstić information content (AvgIpc) is 3.42. The van der Waals surface area contributed by atoms with Crippen LogP contribution in [0, 0.1) is 12.7 Å². The van der Waals surface area contributed by atoms with E-state index in [1.165, 1.54) is 48.5 Å². The van der Waals surface area contributed by atoms with Gasteiger partial charge in [-0.1, -0.05) is 0 Å². The number of nitrogens with one attached hydrogen (secondary N) is 2. The molecule has 0 spiro atoms. The Morgan fingerprint density at radius 1 is 1.03 bits per heavy atom. The highest BCUT2D eigenvalue weighted by Crippen LogP contribution is 2.29. The molecular formula is C22H18FN3O3S3. The molecule has 2 N–H and O–H groups in total. The zero-order chi connectivity index (χ0) is 22.7. The molecule has 0 radical (unpaired) electrons. The van der Waals surface area contributed by atoms with E-state index in [9.17, 15) is 17.6 Å². The first kappa shape index (κ1) is 22.1. The second-order valence-corrected chi connectivity index (χ2v) is 10.8. The molecule has 6 nitrogen and oxygen atoms in total. The van der Waals surface area contributed by atoms with E-state index >= 15 is 0 Å². The topological polar surface area (TPSA) is 88.2 Å². The summed E-state index contributed by atoms with van der Waals surface area (Å²) in [6.45, 7) is 2.32. The van der Waals surface area contributed by atoms with Crippen LogP contribution in [0.25, 0.3) is 10.6 Å². The fraction of sp³-hybridized carbons (Fsp3) is 0.0909. The van der Waals surface area contributed by atoms with Gasteiger partial charge in [0.2, 0.25) is 0 Å². The zero-order valence-corrected chi connectivity index (χ0v) is 19.3. The first-order chi connectivity index (χ1) is 15.3. The molecule has 0 aliphatic carbocycles. The van der Waals surface area contributed by atoms with Crippen molar-refractivity contribution in [1.29, 1.82) is 0 Å². The Morgan fingerprint density at radius 2 is 1.75 bits per heavy atom. The van der Waals surface area contributed by atoms with Crippen LogP contribution in [0.4, 0.5) is 10.1 Å². The Bertz CT molecular complexity index is 1350. The summed E-state index contributed by atoms with van der Waals surface area (Å²) in [5, 5.41) is 5.85. The maximum Gasteiger partial charge on any atom is 0.261 e. The number of thiazole rings is 1. The van der Waals surface area contributed by atoms with Crippen LogP contribution in [-0.2, 0) is 16.6 Å². The molecule has 2 aromatic carbocycles. The lowest BCUT2D eigenvalue weighted by Crippen LogP contribution is -2.22. The Balaban J connectivity index is 1.37. The summed E-state index contributed by atoms with van der Waals surface area (Å²) >= 11 is 3.15. The normalized spacial score (nSPS) is 11.3. The molecule has 0 bridgehead atoms. The standard InChI is InChI=1S/C22H18FN3O3S3/c1-14-25-20(13-30-14)21-11-8-18(31-21)12-24-22(27)15-2-9-19(10-3-15)32(28,29)26-17-6-4-16(23)5-7-17/h2-11,13,26H,12H2,1H3,(H,24,27). The summed E-state index contributed by atoms with van der Waals surface area (Å²) in [5.74, 6) is -0.764. The lowest BCUT2D eigenvalue weighted by molar-refractivity contribution is 0.0951. The molecule has 0 atom stereocenters. The van der Waals surface area contributed by atoms with E-state index in [0.717, 1.165) is 20.5 Å². The van der Waals surface area contributed by atoms with Crippen molar-refractivity contribution in [3.8, 4) is 10.6 Å². The molecule has 10 heteroatoms. The smallest absolute Gasteiger partial charge is 0.261 e. The van der Waals surface area contributed by atoms with Crippen LogP contribution in [0.1, 0.15) is 20.2 Å². The van der Waals surface area contributed by atoms with Crippen LogP contribution >= 0.6 is 22.7 Å². The summed E-state index contributed by atoms with van der Waals surface area (Å²) < 4.78 is 40.4. The monoisotopic (exact) mass is 487 g/mol. The maximum absolute atomic E-state index is 13.0. The fourth-order valence-corrected chi connectivity index (χ4v) is 5.53. The molecule has 0 unspecified atom stereocenters. The zero-order valence-electron chi connectivity index (χ0n) is 16.8. The molecule has 0 aliphatic rings. The van der Waals surface area contributed by atoms with Gasteiger partial charge < -0.3 is 5.32 Å². The fourth-order valence-electron chi connectivity index (χ4n) is 2.87. The van der Waals surface area contributed by atoms with Gasteiger partial charge in [0.1, 0.15) is 5.82 Å². The third-order valence-corrected chi connectivity index (χ3v) is 7.76. The SMILES string of the molecule is Cc1nc(-c2ccc(CNC(=O)c3ccc(S(=O)(=O)Nc4ccc(F)cc4)cc3)s2)cs1. The van der Waals surface area contributed by atoms with Gasteiger partial charge in [0.25, 0.3) is 15.9 Å². The van der Waals surface area contributed by atoms with Crippen LogP contribution in [0.5, 0.6) is 0 Å². The van der Waals surface area contributed by atoms with Gasteiger partial charge in [-0.05, 0) is 67.6 Å². The van der Waals surface area contributed by atoms with Gasteiger partial charge >= 0.3 is 0 Å². The van der Waals surface area contributed by atoms with E-state index in [4.69, 9.17) is 0 Å². The van der Waals surface area contributed by atoms with Gasteiger partial charge in [0, 0.05) is 21.5 Å². The molecule has 0 fully saturated rings. The molecule has 1 amide bonds. The predicted octanol–water partition coefficient (Wildman–Crippen LogP) is 5.05. The number of anilines is 1. The lowest BCUT2D eigenvalue weighted by atomic mass is 10.2. The van der Waals surface area contributed by atoms with E-state index in [0.29, 0.717) is 12.1 Å². The van der Waals surface area contributed by atoms with Gasteiger partial charge in [0.05, 0.1) is 27.0 Å². The van der Waals surface area contributed by atoms with Crippen LogP contribution in [-0.4, -0.2) is 19.3 Å². The van der Waals surface area contributed by atoms with Gasteiger partial charge in [-0.2, -0.15) is 0 Å². The first-order valence-corrected chi connectivity index (χ1v) is 12.7. The number of amides is 1. The number of aromatic nitrogens is 1. The second kappa shape index (κ2) is 9.19. The van der Waals surface area contributed by atoms with Crippen LogP contribution in [0.3, 0.4) is 0 Å². The molecule has 32 heavy (non-hydrogen) atoms. The first-order valence-electron chi connectivity index (χ1n) is 9.48. The summed E-state index contributed by atoms with van der Waals surface area (Å²) in [6.07, 6.45) is 0. The Labute approximate surface area is 192 Å². The number of thiophene rings is 1. The van der Waals surface area contributed by atoms with Crippen LogP contribution < -0.4 is 10.0 Å². The minimum atomic E-state index is -3.85. The van der Waals surface area contributed by atoms with Gasteiger partial charge in [-0.3, -0.25) is 9.52 Å². The Hall–Kier alpha value is -3.08. The van der Waals surface area contributed by atoms with Crippen molar-refractivity contribution in [3.63, 3.8) is 0 Å². The minimum absolute atomic E-state index is 0.000157. The highest BCUT2D eigenvalue weighted by atomic mass is 32.2. The minimum Gasteiger partial charge on any atom is -0.347 e. The molecule has 4 aromatic rings. The van der Waals surface area contributed by atoms with Crippen molar-refractivity contribution in [3.05, 3.63) is 87.3 Å². The molecule has 2 heterocycles. The maximum atomic E-state index is 13.0. The summed E-state index contributed by atoms with van der Waals surface area (Å²) in [4.78, 5) is 19.0. The third-order valence-electron chi connectivity index (χ3n) is 4.48. The molecule has 2 aromatic heterocycles. The summed E-state index contributed by atoms with van der Waals surface area (Å²) in [7, 11) is -3.85. The van der Waals surface area contributed by atoms with Crippen LogP contribution in [0.15, 0.2) is 70.9 Å². The molecule has 4 rings (SSSR count). The predicted molar refractivity (Wildman–Crippen MR) is 125 cm³/mol. The number of hydrogen-bond donors (Lipinski definition) is 2. The summed E-state index contributed by atoms with van der Waals surface area (Å²) in [6, 6.07) is 14.5. The van der Waals surface area contributed by atoms with Gasteiger partial charge in [0.15, 0.2) is 0 Å². The number of hydrogen-bond acceptors (Lipinski definition) is 6. The highest BCUT2D eigenvalue weighted by Gasteiger charge is 2.15. The van der Waals surface area contributed by atoms with E-state index in [-0.39, 0.29) is 16.5 Å². The number of rotatable bonds is 7. The van der Waals surface area contributed by atoms with Crippen molar-refractivity contribution >= 4 is 44.3 Å². The summed E-state index contributed by atoms with van der Waals surface area (Å²) in [5.41, 5.74) is 1.52. The number of benzene rings is 2. The average molecular weight is 488 g/mol. The van der Waals surface area contributed by atoms with Crippen molar-refractivity contribution in [2.75, 3.05) is 4.72 Å². The number of sulfonamides is 1. The molecular weight excluding hydrogens is 469 g/mol. The number of nitrogens with zero attached hydrogens (tertiary/aromatic N) is 1. The van der Waals surface area contributed by atoms with E-state index in [1.807, 2.05) is 24.4 Å². The molecule has 0 aliphatic heterocycles. The Kier molecular flexibility index (Phi) is 6.35. The van der Waals surface area contributed by atoms with E-state index in [1.54, 1.807) is 22.7 Å². The van der Waals surface area contributed by atoms with Crippen molar-refractivity contribution in [1.82, 2.24) is 10.3 Å². The Morgan fingerprint density at radius 3 is 2.41 bits per heavy atom. The lowest BCUT2D eigenvalue weighted by Gasteiger charge is -2.09.